The highest BCUT2D eigenvalue weighted by Crippen LogP contribution is 2.40. The number of anilines is 2. The number of likely N-dealkylation sites (N-methyl/N-ethyl adjacent to an activating group) is 1. The Hall–Kier alpha value is -7.92. The number of piperazine rings is 1. The average molecular weight is 1100 g/mol. The van der Waals surface area contributed by atoms with E-state index in [1.807, 2.05) is 89.2 Å². The van der Waals surface area contributed by atoms with Crippen LogP contribution < -0.4 is 30.7 Å². The number of carbonyl (C=O) groups excluding carboxylic acids is 2. The van der Waals surface area contributed by atoms with Gasteiger partial charge in [-0.05, 0) is 101 Å². The molecule has 0 spiro atoms. The van der Waals surface area contributed by atoms with E-state index in [-0.39, 0.29) is 35.9 Å². The predicted molar refractivity (Wildman–Crippen MR) is 307 cm³/mol. The minimum atomic E-state index is -0.808. The highest BCUT2D eigenvalue weighted by atomic mass is 16.7. The van der Waals surface area contributed by atoms with Crippen molar-refractivity contribution >= 4 is 45.1 Å². The minimum Gasteiger partial charge on any atom is -0.467 e. The molecule has 6 heterocycles. The number of aryl methyl sites for hydroxylation is 1. The second-order valence-electron chi connectivity index (χ2n) is 22.4. The number of hydrogen-bond acceptors (Lipinski definition) is 16. The topological polar surface area (TPSA) is 227 Å². The SMILES string of the molecule is CC(C)c1nn(C(=O)C(C)(C)C)c2cc(OC(=O)C(C)(C)C)c(-c3n[nH]c(=O)n3-c3ccc(N4CCOCC4)cc3)cc12.CCc1nn(COC)c2cc(OCOC)c(-c3n[nH]c(=O)n3-c3ccc(N4CCN(C)CC4)cc3)cc12. The third-order valence-electron chi connectivity index (χ3n) is 14.1. The number of benzene rings is 4. The number of rotatable bonds is 14. The van der Waals surface area contributed by atoms with E-state index < -0.39 is 22.5 Å². The van der Waals surface area contributed by atoms with Crippen molar-refractivity contribution < 1.29 is 33.3 Å². The number of ether oxygens (including phenoxy) is 5. The molecule has 0 unspecified atom stereocenters. The zero-order valence-corrected chi connectivity index (χ0v) is 47.9. The molecule has 80 heavy (non-hydrogen) atoms. The monoisotopic (exact) mass is 1100 g/mol. The molecular formula is C58H73N13O9. The zero-order chi connectivity index (χ0) is 57.2. The lowest BCUT2D eigenvalue weighted by molar-refractivity contribution is -0.142. The Morgan fingerprint density at radius 1 is 0.662 bits per heavy atom. The molecule has 8 aromatic rings. The van der Waals surface area contributed by atoms with Gasteiger partial charge >= 0.3 is 17.3 Å². The first-order valence-corrected chi connectivity index (χ1v) is 27.0. The molecule has 22 heteroatoms. The van der Waals surface area contributed by atoms with Crippen molar-refractivity contribution in [2.75, 3.05) is 90.3 Å². The maximum Gasteiger partial charge on any atom is 0.348 e. The van der Waals surface area contributed by atoms with Gasteiger partial charge in [0.1, 0.15) is 18.2 Å². The van der Waals surface area contributed by atoms with Crippen molar-refractivity contribution in [3.05, 3.63) is 105 Å². The average Bonchev–Trinajstić information content (AvgIpc) is 4.39. The molecule has 0 atom stereocenters. The lowest BCUT2D eigenvalue weighted by atomic mass is 9.95. The number of esters is 1. The number of morpholine rings is 1. The Morgan fingerprint density at radius 3 is 1.70 bits per heavy atom. The summed E-state index contributed by atoms with van der Waals surface area (Å²) >= 11 is 0. The van der Waals surface area contributed by atoms with Crippen LogP contribution in [-0.2, 0) is 32.2 Å². The van der Waals surface area contributed by atoms with Crippen LogP contribution in [0.1, 0.15) is 84.4 Å². The molecule has 2 saturated heterocycles. The molecule has 4 aromatic carbocycles. The molecule has 22 nitrogen and oxygen atoms in total. The summed E-state index contributed by atoms with van der Waals surface area (Å²) in [6, 6.07) is 23.0. The van der Waals surface area contributed by atoms with Gasteiger partial charge in [0.2, 0.25) is 0 Å². The Morgan fingerprint density at radius 2 is 1.19 bits per heavy atom. The van der Waals surface area contributed by atoms with E-state index in [1.54, 1.807) is 50.3 Å². The molecule has 2 aliphatic heterocycles. The van der Waals surface area contributed by atoms with Crippen molar-refractivity contribution in [3.63, 3.8) is 0 Å². The fraction of sp³-hybridized carbons (Fsp3) is 0.448. The summed E-state index contributed by atoms with van der Waals surface area (Å²) in [5.41, 5.74) is 5.31. The van der Waals surface area contributed by atoms with Crippen LogP contribution in [0.25, 0.3) is 56.0 Å². The Balaban J connectivity index is 0.000000196. The number of carbonyl (C=O) groups is 2. The zero-order valence-electron chi connectivity index (χ0n) is 47.9. The Bertz CT molecular complexity index is 3610. The van der Waals surface area contributed by atoms with Gasteiger partial charge in [0.05, 0.1) is 63.6 Å². The molecule has 0 saturated carbocycles. The molecule has 2 N–H and O–H groups in total. The fourth-order valence-corrected chi connectivity index (χ4v) is 9.69. The van der Waals surface area contributed by atoms with Crippen molar-refractivity contribution in [2.24, 2.45) is 10.8 Å². The number of nitrogens with one attached hydrogen (secondary N) is 2. The maximum atomic E-state index is 13.5. The van der Waals surface area contributed by atoms with E-state index in [9.17, 15) is 19.2 Å². The van der Waals surface area contributed by atoms with Crippen LogP contribution in [-0.4, -0.2) is 146 Å². The van der Waals surface area contributed by atoms with E-state index in [4.69, 9.17) is 33.9 Å². The standard InChI is InChI=1S/C32H40N6O5.C26H33N7O4/c1-19(2)26-22-17-23(25(43-29(40)32(6,7)8)18-24(22)38(35-26)28(39)31(3,4)5)27-33-34-30(41)37(27)21-11-9-20(10-12-21)36-13-15-42-16-14-36;1-5-22-20-14-21(24(37-17-36-4)15-23(20)32(29-22)16-35-3)25-27-28-26(34)33(25)19-8-6-18(7-9-19)31-12-10-30(2)11-13-31/h9-12,17-19H,13-16H2,1-8H3,(H,34,41);6-9,14-15H,5,10-13,16-17H2,1-4H3,(H,28,34). The van der Waals surface area contributed by atoms with Crippen LogP contribution in [0.4, 0.5) is 11.4 Å². The first kappa shape index (κ1) is 56.8. The molecule has 2 aliphatic rings. The summed E-state index contributed by atoms with van der Waals surface area (Å²) in [6.07, 6.45) is 0.742. The van der Waals surface area contributed by atoms with Crippen LogP contribution in [0.5, 0.6) is 11.5 Å². The number of methoxy groups -OCH3 is 2. The first-order valence-electron chi connectivity index (χ1n) is 27.0. The third-order valence-corrected chi connectivity index (χ3v) is 14.1. The highest BCUT2D eigenvalue weighted by molar-refractivity contribution is 5.98. The van der Waals surface area contributed by atoms with Gasteiger partial charge in [-0.1, -0.05) is 41.5 Å². The summed E-state index contributed by atoms with van der Waals surface area (Å²) in [4.78, 5) is 59.7. The third kappa shape index (κ3) is 11.7. The van der Waals surface area contributed by atoms with Gasteiger partial charge < -0.3 is 38.4 Å². The van der Waals surface area contributed by atoms with Crippen LogP contribution in [0.3, 0.4) is 0 Å². The lowest BCUT2D eigenvalue weighted by Crippen LogP contribution is -2.44. The molecule has 0 aliphatic carbocycles. The van der Waals surface area contributed by atoms with Crippen LogP contribution >= 0.6 is 0 Å². The Labute approximate surface area is 464 Å². The van der Waals surface area contributed by atoms with E-state index in [1.165, 1.54) is 9.25 Å². The van der Waals surface area contributed by atoms with E-state index >= 15 is 0 Å². The highest BCUT2D eigenvalue weighted by Gasteiger charge is 2.32. The number of hydrogen-bond donors (Lipinski definition) is 2. The predicted octanol–water partition coefficient (Wildman–Crippen LogP) is 7.65. The maximum absolute atomic E-state index is 13.5. The number of nitrogens with zero attached hydrogens (tertiary/aromatic N) is 11. The van der Waals surface area contributed by atoms with Gasteiger partial charge in [-0.15, -0.1) is 0 Å². The minimum absolute atomic E-state index is 0.0125. The molecule has 0 amide bonds. The van der Waals surface area contributed by atoms with Crippen molar-refractivity contribution in [2.45, 2.75) is 81.4 Å². The van der Waals surface area contributed by atoms with E-state index in [0.29, 0.717) is 64.9 Å². The van der Waals surface area contributed by atoms with Crippen LogP contribution in [0.2, 0.25) is 0 Å². The summed E-state index contributed by atoms with van der Waals surface area (Å²) < 4.78 is 34.1. The van der Waals surface area contributed by atoms with Gasteiger partial charge in [-0.2, -0.15) is 25.1 Å². The van der Waals surface area contributed by atoms with Gasteiger partial charge in [0.25, 0.3) is 5.91 Å². The largest absolute Gasteiger partial charge is 0.467 e. The van der Waals surface area contributed by atoms with E-state index in [0.717, 1.165) is 79.3 Å². The molecule has 10 rings (SSSR count). The summed E-state index contributed by atoms with van der Waals surface area (Å²) in [5, 5.41) is 25.0. The second kappa shape index (κ2) is 23.4. The van der Waals surface area contributed by atoms with Gasteiger partial charge in [0, 0.05) is 93.2 Å². The number of fused-ring (bicyclic) bond motifs is 2. The van der Waals surface area contributed by atoms with Crippen molar-refractivity contribution in [3.8, 4) is 45.6 Å². The van der Waals surface area contributed by atoms with E-state index in [2.05, 4.69) is 61.2 Å². The summed E-state index contributed by atoms with van der Waals surface area (Å²) in [6.45, 7) is 24.1. The molecule has 0 bridgehead atoms. The van der Waals surface area contributed by atoms with Crippen molar-refractivity contribution in [1.82, 2.24) is 54.0 Å². The number of aromatic amines is 2. The normalized spacial score (nSPS) is 14.5. The molecular weight excluding hydrogens is 1020 g/mol. The molecule has 0 radical (unpaired) electrons. The smallest absolute Gasteiger partial charge is 0.348 e. The summed E-state index contributed by atoms with van der Waals surface area (Å²) in [5.74, 6) is 0.756. The molecule has 2 fully saturated rings. The fourth-order valence-electron chi connectivity index (χ4n) is 9.69. The number of H-pyrrole nitrogens is 2. The lowest BCUT2D eigenvalue weighted by Gasteiger charge is -2.34. The van der Waals surface area contributed by atoms with Gasteiger partial charge in [-0.3, -0.25) is 9.59 Å². The molecule has 4 aromatic heterocycles. The second-order valence-corrected chi connectivity index (χ2v) is 22.4. The van der Waals surface area contributed by atoms with Gasteiger partial charge in [-0.25, -0.2) is 33.6 Å². The first-order chi connectivity index (χ1) is 38.2. The van der Waals surface area contributed by atoms with Crippen LogP contribution in [0, 0.1) is 10.8 Å². The van der Waals surface area contributed by atoms with Gasteiger partial charge in [0.15, 0.2) is 18.4 Å². The van der Waals surface area contributed by atoms with Crippen molar-refractivity contribution in [1.29, 1.82) is 0 Å². The quantitative estimate of drug-likeness (QED) is 0.0605. The Kier molecular flexibility index (Phi) is 16.6. The summed E-state index contributed by atoms with van der Waals surface area (Å²) in [7, 11) is 5.34. The van der Waals surface area contributed by atoms with Crippen LogP contribution in [0.15, 0.2) is 82.4 Å². The molecule has 424 valence electrons. The number of aromatic nitrogens is 10.